The maximum absolute atomic E-state index is 11.3. The van der Waals surface area contributed by atoms with Crippen molar-refractivity contribution in [2.45, 2.75) is 38.0 Å². The molecule has 2 aromatic rings. The molecule has 140 valence electrons. The van der Waals surface area contributed by atoms with E-state index in [0.717, 1.165) is 43.0 Å². The second-order valence-corrected chi connectivity index (χ2v) is 6.79. The predicted octanol–water partition coefficient (Wildman–Crippen LogP) is 4.80. The Hall–Kier alpha value is -3.29. The quantitative estimate of drug-likeness (QED) is 0.602. The van der Waals surface area contributed by atoms with Crippen LogP contribution in [0.5, 0.6) is 0 Å². The molecule has 1 fully saturated rings. The molecular formula is C19H20N4O4. The van der Waals surface area contributed by atoms with Crippen LogP contribution in [0, 0.1) is 20.2 Å². The number of hydrogen-bond acceptors (Lipinski definition) is 6. The molecule has 1 N–H and O–H groups in total. The first-order chi connectivity index (χ1) is 12.9. The Morgan fingerprint density at radius 1 is 1.04 bits per heavy atom. The normalized spacial score (nSPS) is 21.0. The lowest BCUT2D eigenvalue weighted by Crippen LogP contribution is -2.36. The molecule has 0 bridgehead atoms. The Bertz CT molecular complexity index is 898. The Balaban J connectivity index is 1.94. The molecule has 0 spiro atoms. The lowest BCUT2D eigenvalue weighted by atomic mass is 9.69. The van der Waals surface area contributed by atoms with Crippen molar-refractivity contribution in [3.8, 4) is 0 Å². The number of rotatable bonds is 5. The van der Waals surface area contributed by atoms with Gasteiger partial charge in [-0.3, -0.25) is 25.7 Å². The molecule has 0 heterocycles. The molecule has 0 saturated heterocycles. The number of hydrogen-bond donors (Lipinski definition) is 1. The van der Waals surface area contributed by atoms with Gasteiger partial charge in [0.2, 0.25) is 0 Å². The fourth-order valence-corrected chi connectivity index (χ4v) is 3.49. The predicted molar refractivity (Wildman–Crippen MR) is 103 cm³/mol. The number of nitrogens with zero attached hydrogens (tertiary/aromatic N) is 3. The van der Waals surface area contributed by atoms with Crippen molar-refractivity contribution in [1.82, 2.24) is 0 Å². The highest BCUT2D eigenvalue weighted by Gasteiger charge is 2.35. The smallest absolute Gasteiger partial charge is 0.272 e. The summed E-state index contributed by atoms with van der Waals surface area (Å²) < 4.78 is 0. The average molecular weight is 368 g/mol. The van der Waals surface area contributed by atoms with Gasteiger partial charge in [-0.1, -0.05) is 43.7 Å². The van der Waals surface area contributed by atoms with Crippen LogP contribution in [0.2, 0.25) is 0 Å². The molecule has 8 heteroatoms. The summed E-state index contributed by atoms with van der Waals surface area (Å²) in [6.07, 6.45) is 3.83. The van der Waals surface area contributed by atoms with Crippen molar-refractivity contribution in [3.05, 3.63) is 74.3 Å². The van der Waals surface area contributed by atoms with Gasteiger partial charge in [0.05, 0.1) is 15.9 Å². The molecule has 2 aromatic carbocycles. The van der Waals surface area contributed by atoms with Gasteiger partial charge in [0.1, 0.15) is 5.69 Å². The zero-order chi connectivity index (χ0) is 19.4. The zero-order valence-corrected chi connectivity index (χ0v) is 14.9. The van der Waals surface area contributed by atoms with Crippen molar-refractivity contribution >= 4 is 22.8 Å². The van der Waals surface area contributed by atoms with Crippen LogP contribution in [0.3, 0.4) is 0 Å². The van der Waals surface area contributed by atoms with Gasteiger partial charge in [-0.15, -0.1) is 0 Å². The van der Waals surface area contributed by atoms with Crippen molar-refractivity contribution in [1.29, 1.82) is 0 Å². The average Bonchev–Trinajstić information content (AvgIpc) is 2.67. The van der Waals surface area contributed by atoms with Gasteiger partial charge in [-0.2, -0.15) is 5.10 Å². The minimum Gasteiger partial charge on any atom is -0.272 e. The van der Waals surface area contributed by atoms with Crippen LogP contribution in [0.1, 0.15) is 38.2 Å². The highest BCUT2D eigenvalue weighted by Crippen LogP contribution is 2.37. The third-order valence-electron chi connectivity index (χ3n) is 5.09. The first kappa shape index (κ1) is 18.5. The van der Waals surface area contributed by atoms with Gasteiger partial charge >= 0.3 is 5.69 Å². The van der Waals surface area contributed by atoms with E-state index in [9.17, 15) is 20.2 Å². The molecule has 0 radical (unpaired) electrons. The third kappa shape index (κ3) is 3.79. The molecule has 27 heavy (non-hydrogen) atoms. The van der Waals surface area contributed by atoms with Crippen LogP contribution in [-0.4, -0.2) is 15.6 Å². The summed E-state index contributed by atoms with van der Waals surface area (Å²) in [4.78, 5) is 20.9. The van der Waals surface area contributed by atoms with Crippen molar-refractivity contribution < 1.29 is 9.85 Å². The second-order valence-electron chi connectivity index (χ2n) is 6.79. The number of anilines is 1. The maximum atomic E-state index is 11.3. The van der Waals surface area contributed by atoms with Gasteiger partial charge in [-0.25, -0.2) is 0 Å². The van der Waals surface area contributed by atoms with Crippen LogP contribution < -0.4 is 5.43 Å². The Morgan fingerprint density at radius 3 is 2.44 bits per heavy atom. The summed E-state index contributed by atoms with van der Waals surface area (Å²) >= 11 is 0. The molecule has 0 amide bonds. The van der Waals surface area contributed by atoms with Crippen LogP contribution >= 0.6 is 0 Å². The van der Waals surface area contributed by atoms with E-state index in [1.807, 2.05) is 18.2 Å². The molecule has 0 aromatic heterocycles. The number of nitrogens with one attached hydrogen (secondary N) is 1. The van der Waals surface area contributed by atoms with E-state index < -0.39 is 9.85 Å². The van der Waals surface area contributed by atoms with Crippen molar-refractivity contribution in [2.75, 3.05) is 5.43 Å². The molecule has 1 aliphatic rings. The van der Waals surface area contributed by atoms with E-state index >= 15 is 0 Å². The van der Waals surface area contributed by atoms with Crippen molar-refractivity contribution in [3.63, 3.8) is 0 Å². The van der Waals surface area contributed by atoms with E-state index in [-0.39, 0.29) is 22.5 Å². The molecule has 0 aliphatic heterocycles. The van der Waals surface area contributed by atoms with Crippen LogP contribution in [-0.2, 0) is 5.41 Å². The Kier molecular flexibility index (Phi) is 5.16. The summed E-state index contributed by atoms with van der Waals surface area (Å²) in [6.45, 7) is 2.13. The molecule has 3 rings (SSSR count). The number of benzene rings is 2. The number of hydrazone groups is 1. The van der Waals surface area contributed by atoms with E-state index in [1.165, 1.54) is 12.1 Å². The van der Waals surface area contributed by atoms with Gasteiger partial charge in [0, 0.05) is 17.2 Å². The van der Waals surface area contributed by atoms with Gasteiger partial charge in [0.25, 0.3) is 5.69 Å². The highest BCUT2D eigenvalue weighted by molar-refractivity contribution is 5.95. The molecule has 1 saturated carbocycles. The topological polar surface area (TPSA) is 111 Å². The summed E-state index contributed by atoms with van der Waals surface area (Å²) in [6, 6.07) is 13.6. The summed E-state index contributed by atoms with van der Waals surface area (Å²) in [5, 5.41) is 26.7. The minimum absolute atomic E-state index is 0.138. The summed E-state index contributed by atoms with van der Waals surface area (Å²) in [7, 11) is 0. The molecule has 1 atom stereocenters. The molecule has 1 aliphatic carbocycles. The largest absolute Gasteiger partial charge is 0.301 e. The van der Waals surface area contributed by atoms with Crippen molar-refractivity contribution in [2.24, 2.45) is 5.10 Å². The standard InChI is InChI=1S/C19H20N4O4/c1-19(14-7-3-2-4-8-14)12-6-5-9-18(19)21-20-16-11-10-15(22(24)25)13-17(16)23(26)27/h2-4,7-8,10-11,13,20H,5-6,9,12H2,1H3/b21-18+. The van der Waals surface area contributed by atoms with E-state index in [4.69, 9.17) is 0 Å². The number of nitro groups is 2. The van der Waals surface area contributed by atoms with E-state index in [0.29, 0.717) is 0 Å². The highest BCUT2D eigenvalue weighted by atomic mass is 16.6. The molecule has 1 unspecified atom stereocenters. The van der Waals surface area contributed by atoms with Crippen LogP contribution in [0.25, 0.3) is 0 Å². The van der Waals surface area contributed by atoms with Gasteiger partial charge in [0.15, 0.2) is 0 Å². The minimum atomic E-state index is -0.656. The first-order valence-corrected chi connectivity index (χ1v) is 8.73. The lowest BCUT2D eigenvalue weighted by Gasteiger charge is -2.35. The second kappa shape index (κ2) is 7.53. The maximum Gasteiger partial charge on any atom is 0.301 e. The molecular weight excluding hydrogens is 348 g/mol. The van der Waals surface area contributed by atoms with Crippen LogP contribution in [0.4, 0.5) is 17.1 Å². The number of non-ortho nitro benzene ring substituents is 1. The first-order valence-electron chi connectivity index (χ1n) is 8.73. The van der Waals surface area contributed by atoms with E-state index in [1.54, 1.807) is 0 Å². The Labute approximate surface area is 156 Å². The van der Waals surface area contributed by atoms with Gasteiger partial charge in [-0.05, 0) is 30.9 Å². The molecule has 8 nitrogen and oxygen atoms in total. The van der Waals surface area contributed by atoms with E-state index in [2.05, 4.69) is 29.6 Å². The summed E-state index contributed by atoms with van der Waals surface area (Å²) in [5.74, 6) is 0. The van der Waals surface area contributed by atoms with Gasteiger partial charge < -0.3 is 0 Å². The fourth-order valence-electron chi connectivity index (χ4n) is 3.49. The van der Waals surface area contributed by atoms with Crippen LogP contribution in [0.15, 0.2) is 53.6 Å². The monoisotopic (exact) mass is 368 g/mol. The lowest BCUT2D eigenvalue weighted by molar-refractivity contribution is -0.393. The Morgan fingerprint density at radius 2 is 1.78 bits per heavy atom. The fraction of sp³-hybridized carbons (Fsp3) is 0.316. The zero-order valence-electron chi connectivity index (χ0n) is 14.9. The number of nitro benzene ring substituents is 2. The third-order valence-corrected chi connectivity index (χ3v) is 5.09. The summed E-state index contributed by atoms with van der Waals surface area (Å²) in [5.41, 5.74) is 4.05. The SMILES string of the molecule is CC1(c2ccccc2)CCCC/C1=N\Nc1ccc([N+](=O)[O-])cc1[N+](=O)[O-].